The standard InChI is InChI=1S/C13H19Cl2N/c1-3-16-10(2)5-4-6-11-9-12(14)7-8-13(11)15/h7-10,16H,3-6H2,1-2H3. The molecule has 1 nitrogen and oxygen atoms in total. The number of aryl methyl sites for hydroxylation is 1. The molecule has 1 unspecified atom stereocenters. The monoisotopic (exact) mass is 259 g/mol. The molecule has 90 valence electrons. The third-order valence-electron chi connectivity index (χ3n) is 2.64. The smallest absolute Gasteiger partial charge is 0.0439 e. The van der Waals surface area contributed by atoms with Gasteiger partial charge in [0.25, 0.3) is 0 Å². The molecule has 0 saturated carbocycles. The van der Waals surface area contributed by atoms with Gasteiger partial charge in [-0.3, -0.25) is 0 Å². The lowest BCUT2D eigenvalue weighted by atomic mass is 10.1. The molecule has 0 aromatic heterocycles. The van der Waals surface area contributed by atoms with Gasteiger partial charge in [0.15, 0.2) is 0 Å². The second kappa shape index (κ2) is 7.16. The van der Waals surface area contributed by atoms with E-state index in [4.69, 9.17) is 23.2 Å². The van der Waals surface area contributed by atoms with Crippen molar-refractivity contribution < 1.29 is 0 Å². The summed E-state index contributed by atoms with van der Waals surface area (Å²) in [5, 5.41) is 4.98. The molecule has 3 heteroatoms. The first-order valence-electron chi connectivity index (χ1n) is 5.80. The maximum absolute atomic E-state index is 6.10. The van der Waals surface area contributed by atoms with Crippen molar-refractivity contribution in [3.05, 3.63) is 33.8 Å². The number of rotatable bonds is 6. The molecule has 0 amide bonds. The van der Waals surface area contributed by atoms with E-state index < -0.39 is 0 Å². The molecule has 0 saturated heterocycles. The van der Waals surface area contributed by atoms with Gasteiger partial charge >= 0.3 is 0 Å². The van der Waals surface area contributed by atoms with E-state index in [9.17, 15) is 0 Å². The Morgan fingerprint density at radius 2 is 2.06 bits per heavy atom. The maximum atomic E-state index is 6.10. The van der Waals surface area contributed by atoms with Crippen LogP contribution >= 0.6 is 23.2 Å². The van der Waals surface area contributed by atoms with Gasteiger partial charge in [-0.05, 0) is 56.5 Å². The lowest BCUT2D eigenvalue weighted by Gasteiger charge is -2.12. The molecular formula is C13H19Cl2N. The van der Waals surface area contributed by atoms with Crippen molar-refractivity contribution in [2.75, 3.05) is 6.54 Å². The molecule has 0 fully saturated rings. The summed E-state index contributed by atoms with van der Waals surface area (Å²) < 4.78 is 0. The Hall–Kier alpha value is -0.240. The molecule has 0 aliphatic rings. The average Bonchev–Trinajstić information content (AvgIpc) is 2.23. The molecule has 1 atom stereocenters. The predicted octanol–water partition coefficient (Wildman–Crippen LogP) is 4.31. The van der Waals surface area contributed by atoms with Gasteiger partial charge in [-0.15, -0.1) is 0 Å². The molecule has 0 heterocycles. The van der Waals surface area contributed by atoms with Crippen molar-refractivity contribution in [1.82, 2.24) is 5.32 Å². The fourth-order valence-electron chi connectivity index (χ4n) is 1.78. The highest BCUT2D eigenvalue weighted by Gasteiger charge is 2.03. The van der Waals surface area contributed by atoms with Gasteiger partial charge in [0.1, 0.15) is 0 Å². The summed E-state index contributed by atoms with van der Waals surface area (Å²) in [7, 11) is 0. The van der Waals surface area contributed by atoms with Crippen LogP contribution < -0.4 is 5.32 Å². The largest absolute Gasteiger partial charge is 0.315 e. The first-order valence-corrected chi connectivity index (χ1v) is 6.56. The molecule has 16 heavy (non-hydrogen) atoms. The summed E-state index contributed by atoms with van der Waals surface area (Å²) in [6.07, 6.45) is 3.29. The minimum atomic E-state index is 0.572. The summed E-state index contributed by atoms with van der Waals surface area (Å²) in [5.74, 6) is 0. The highest BCUT2D eigenvalue weighted by atomic mass is 35.5. The first kappa shape index (κ1) is 13.8. The summed E-state index contributed by atoms with van der Waals surface area (Å²) in [6, 6.07) is 6.23. The number of hydrogen-bond donors (Lipinski definition) is 1. The van der Waals surface area contributed by atoms with Crippen LogP contribution in [0.4, 0.5) is 0 Å². The van der Waals surface area contributed by atoms with Gasteiger partial charge in [-0.2, -0.15) is 0 Å². The van der Waals surface area contributed by atoms with E-state index in [1.54, 1.807) is 0 Å². The number of benzene rings is 1. The van der Waals surface area contributed by atoms with Gasteiger partial charge < -0.3 is 5.32 Å². The first-order chi connectivity index (χ1) is 7.63. The van der Waals surface area contributed by atoms with Crippen LogP contribution in [0.15, 0.2) is 18.2 Å². The maximum Gasteiger partial charge on any atom is 0.0439 e. The highest BCUT2D eigenvalue weighted by molar-refractivity contribution is 6.33. The van der Waals surface area contributed by atoms with E-state index in [1.165, 1.54) is 0 Å². The second-order valence-electron chi connectivity index (χ2n) is 4.09. The topological polar surface area (TPSA) is 12.0 Å². The minimum Gasteiger partial charge on any atom is -0.315 e. The summed E-state index contributed by atoms with van der Waals surface area (Å²) >= 11 is 12.0. The van der Waals surface area contributed by atoms with E-state index >= 15 is 0 Å². The Labute approximate surface area is 108 Å². The quantitative estimate of drug-likeness (QED) is 0.803. The van der Waals surface area contributed by atoms with Crippen molar-refractivity contribution in [3.8, 4) is 0 Å². The zero-order valence-electron chi connectivity index (χ0n) is 9.89. The third-order valence-corrected chi connectivity index (χ3v) is 3.25. The Kier molecular flexibility index (Phi) is 6.18. The van der Waals surface area contributed by atoms with Crippen LogP contribution in [0.2, 0.25) is 10.0 Å². The summed E-state index contributed by atoms with van der Waals surface area (Å²) in [4.78, 5) is 0. The predicted molar refractivity (Wildman–Crippen MR) is 72.5 cm³/mol. The third kappa shape index (κ3) is 4.73. The van der Waals surface area contributed by atoms with Crippen molar-refractivity contribution in [2.24, 2.45) is 0 Å². The summed E-state index contributed by atoms with van der Waals surface area (Å²) in [6.45, 7) is 5.37. The van der Waals surface area contributed by atoms with E-state index in [0.717, 1.165) is 41.4 Å². The van der Waals surface area contributed by atoms with Crippen LogP contribution in [0.3, 0.4) is 0 Å². The summed E-state index contributed by atoms with van der Waals surface area (Å²) in [5.41, 5.74) is 1.15. The SMILES string of the molecule is CCNC(C)CCCc1cc(Cl)ccc1Cl. The normalized spacial score (nSPS) is 12.8. The Balaban J connectivity index is 2.39. The van der Waals surface area contributed by atoms with E-state index in [0.29, 0.717) is 6.04 Å². The van der Waals surface area contributed by atoms with Crippen molar-refractivity contribution in [3.63, 3.8) is 0 Å². The Morgan fingerprint density at radius 1 is 1.31 bits per heavy atom. The average molecular weight is 260 g/mol. The van der Waals surface area contributed by atoms with Crippen molar-refractivity contribution in [1.29, 1.82) is 0 Å². The zero-order chi connectivity index (χ0) is 12.0. The Bertz CT molecular complexity index is 326. The van der Waals surface area contributed by atoms with Crippen molar-refractivity contribution >= 4 is 23.2 Å². The fraction of sp³-hybridized carbons (Fsp3) is 0.538. The van der Waals surface area contributed by atoms with Gasteiger partial charge in [0.2, 0.25) is 0 Å². The number of hydrogen-bond acceptors (Lipinski definition) is 1. The molecule has 1 N–H and O–H groups in total. The molecule has 1 rings (SSSR count). The van der Waals surface area contributed by atoms with E-state index in [-0.39, 0.29) is 0 Å². The van der Waals surface area contributed by atoms with E-state index in [2.05, 4.69) is 19.2 Å². The van der Waals surface area contributed by atoms with Crippen LogP contribution in [0.5, 0.6) is 0 Å². The molecule has 0 spiro atoms. The van der Waals surface area contributed by atoms with Crippen LogP contribution in [0.25, 0.3) is 0 Å². The van der Waals surface area contributed by atoms with Crippen molar-refractivity contribution in [2.45, 2.75) is 39.2 Å². The van der Waals surface area contributed by atoms with E-state index in [1.807, 2.05) is 18.2 Å². The second-order valence-corrected chi connectivity index (χ2v) is 4.93. The van der Waals surface area contributed by atoms with Gasteiger partial charge in [0.05, 0.1) is 0 Å². The lowest BCUT2D eigenvalue weighted by molar-refractivity contribution is 0.513. The lowest BCUT2D eigenvalue weighted by Crippen LogP contribution is -2.25. The molecule has 1 aromatic carbocycles. The van der Waals surface area contributed by atoms with Crippen LogP contribution in [-0.2, 0) is 6.42 Å². The molecule has 0 bridgehead atoms. The zero-order valence-corrected chi connectivity index (χ0v) is 11.4. The van der Waals surface area contributed by atoms with Gasteiger partial charge in [-0.1, -0.05) is 30.1 Å². The minimum absolute atomic E-state index is 0.572. The molecular weight excluding hydrogens is 241 g/mol. The molecule has 0 radical (unpaired) electrons. The Morgan fingerprint density at radius 3 is 2.75 bits per heavy atom. The van der Waals surface area contributed by atoms with Crippen LogP contribution in [0, 0.1) is 0 Å². The van der Waals surface area contributed by atoms with Gasteiger partial charge in [-0.25, -0.2) is 0 Å². The number of halogens is 2. The van der Waals surface area contributed by atoms with Gasteiger partial charge in [0, 0.05) is 16.1 Å². The molecule has 0 aliphatic heterocycles. The fourth-order valence-corrected chi connectivity index (χ4v) is 2.19. The highest BCUT2D eigenvalue weighted by Crippen LogP contribution is 2.22. The van der Waals surface area contributed by atoms with Crippen LogP contribution in [0.1, 0.15) is 32.3 Å². The molecule has 0 aliphatic carbocycles. The molecule has 1 aromatic rings. The number of nitrogens with one attached hydrogen (secondary N) is 1. The van der Waals surface area contributed by atoms with Crippen LogP contribution in [-0.4, -0.2) is 12.6 Å².